The van der Waals surface area contributed by atoms with Crippen molar-refractivity contribution in [3.8, 4) is 0 Å². The van der Waals surface area contributed by atoms with Crippen molar-refractivity contribution in [3.05, 3.63) is 0 Å². The monoisotopic (exact) mass is 242 g/mol. The summed E-state index contributed by atoms with van der Waals surface area (Å²) < 4.78 is 0. The Morgan fingerprint density at radius 3 is 2.53 bits per heavy atom. The Balaban J connectivity index is 2.01. The van der Waals surface area contributed by atoms with Gasteiger partial charge in [0.05, 0.1) is 6.10 Å². The summed E-state index contributed by atoms with van der Waals surface area (Å²) in [7, 11) is 0. The number of aliphatic hydroxyl groups excluding tert-OH is 1. The third-order valence-electron chi connectivity index (χ3n) is 3.19. The number of hydrogen-bond donors (Lipinski definition) is 3. The van der Waals surface area contributed by atoms with Gasteiger partial charge in [-0.2, -0.15) is 0 Å². The van der Waals surface area contributed by atoms with E-state index in [1.54, 1.807) is 0 Å². The number of amides is 1. The lowest BCUT2D eigenvalue weighted by Gasteiger charge is -2.26. The van der Waals surface area contributed by atoms with Gasteiger partial charge >= 0.3 is 0 Å². The van der Waals surface area contributed by atoms with Gasteiger partial charge in [-0.1, -0.05) is 13.8 Å². The molecule has 0 aromatic rings. The SMILES string of the molecule is CC(C)CNC(=O)CCNC1CCC(O)CC1. The molecule has 0 bridgehead atoms. The van der Waals surface area contributed by atoms with E-state index in [0.717, 1.165) is 38.8 Å². The molecule has 1 rings (SSSR count). The zero-order valence-electron chi connectivity index (χ0n) is 11.0. The number of nitrogens with one attached hydrogen (secondary N) is 2. The molecule has 3 N–H and O–H groups in total. The third-order valence-corrected chi connectivity index (χ3v) is 3.19. The lowest BCUT2D eigenvalue weighted by molar-refractivity contribution is -0.121. The van der Waals surface area contributed by atoms with E-state index in [1.807, 2.05) is 0 Å². The van der Waals surface area contributed by atoms with Crippen LogP contribution < -0.4 is 10.6 Å². The predicted octanol–water partition coefficient (Wildman–Crippen LogP) is 1.04. The summed E-state index contributed by atoms with van der Waals surface area (Å²) >= 11 is 0. The van der Waals surface area contributed by atoms with Gasteiger partial charge in [0.2, 0.25) is 5.91 Å². The fraction of sp³-hybridized carbons (Fsp3) is 0.923. The first-order chi connectivity index (χ1) is 8.08. The molecule has 4 nitrogen and oxygen atoms in total. The number of hydrogen-bond acceptors (Lipinski definition) is 3. The van der Waals surface area contributed by atoms with Crippen LogP contribution in [0.15, 0.2) is 0 Å². The molecule has 0 aliphatic heterocycles. The average molecular weight is 242 g/mol. The van der Waals surface area contributed by atoms with Crippen molar-refractivity contribution in [2.75, 3.05) is 13.1 Å². The van der Waals surface area contributed by atoms with Crippen LogP contribution in [0.1, 0.15) is 46.0 Å². The van der Waals surface area contributed by atoms with Crippen molar-refractivity contribution >= 4 is 5.91 Å². The van der Waals surface area contributed by atoms with Gasteiger partial charge in [0.25, 0.3) is 0 Å². The maximum Gasteiger partial charge on any atom is 0.221 e. The van der Waals surface area contributed by atoms with Crippen LogP contribution >= 0.6 is 0 Å². The summed E-state index contributed by atoms with van der Waals surface area (Å²) in [6, 6.07) is 0.483. The largest absolute Gasteiger partial charge is 0.393 e. The first kappa shape index (κ1) is 14.5. The van der Waals surface area contributed by atoms with E-state index in [9.17, 15) is 9.90 Å². The molecule has 0 aromatic carbocycles. The Hall–Kier alpha value is -0.610. The van der Waals surface area contributed by atoms with Crippen LogP contribution in [0.3, 0.4) is 0 Å². The van der Waals surface area contributed by atoms with Crippen LogP contribution in [0.2, 0.25) is 0 Å². The Morgan fingerprint density at radius 2 is 1.94 bits per heavy atom. The third kappa shape index (κ3) is 6.64. The zero-order valence-corrected chi connectivity index (χ0v) is 11.0. The van der Waals surface area contributed by atoms with Gasteiger partial charge in [0, 0.05) is 25.6 Å². The second kappa shape index (κ2) is 7.67. The summed E-state index contributed by atoms with van der Waals surface area (Å²) in [5.74, 6) is 0.633. The molecule has 4 heteroatoms. The van der Waals surface area contributed by atoms with Crippen LogP contribution in [-0.4, -0.2) is 36.2 Å². The van der Waals surface area contributed by atoms with Crippen LogP contribution in [0, 0.1) is 5.92 Å². The number of carbonyl (C=O) groups is 1. The average Bonchev–Trinajstić information content (AvgIpc) is 2.29. The zero-order chi connectivity index (χ0) is 12.7. The van der Waals surface area contributed by atoms with Gasteiger partial charge in [-0.3, -0.25) is 4.79 Å². The highest BCUT2D eigenvalue weighted by atomic mass is 16.3. The van der Waals surface area contributed by atoms with Gasteiger partial charge in [0.15, 0.2) is 0 Å². The normalized spacial score (nSPS) is 24.9. The highest BCUT2D eigenvalue weighted by Crippen LogP contribution is 2.17. The Kier molecular flexibility index (Phi) is 6.52. The minimum Gasteiger partial charge on any atom is -0.393 e. The summed E-state index contributed by atoms with van der Waals surface area (Å²) in [6.45, 7) is 5.68. The molecule has 1 amide bonds. The molecule has 1 fully saturated rings. The van der Waals surface area contributed by atoms with E-state index in [-0.39, 0.29) is 12.0 Å². The topological polar surface area (TPSA) is 61.4 Å². The number of rotatable bonds is 6. The minimum atomic E-state index is -0.109. The fourth-order valence-corrected chi connectivity index (χ4v) is 2.08. The quantitative estimate of drug-likeness (QED) is 0.652. The van der Waals surface area contributed by atoms with Crippen molar-refractivity contribution in [3.63, 3.8) is 0 Å². The molecular formula is C13H26N2O2. The molecule has 0 aromatic heterocycles. The summed E-state index contributed by atoms with van der Waals surface area (Å²) in [5, 5.41) is 15.7. The molecule has 1 aliphatic carbocycles. The van der Waals surface area contributed by atoms with Crippen molar-refractivity contribution < 1.29 is 9.90 Å². The van der Waals surface area contributed by atoms with Gasteiger partial charge in [-0.25, -0.2) is 0 Å². The van der Waals surface area contributed by atoms with Crippen molar-refractivity contribution in [1.29, 1.82) is 0 Å². The van der Waals surface area contributed by atoms with E-state index < -0.39 is 0 Å². The van der Waals surface area contributed by atoms with E-state index in [1.165, 1.54) is 0 Å². The molecule has 0 saturated heterocycles. The molecule has 1 aliphatic rings. The highest BCUT2D eigenvalue weighted by Gasteiger charge is 2.18. The molecule has 0 atom stereocenters. The molecular weight excluding hydrogens is 216 g/mol. The van der Waals surface area contributed by atoms with Crippen molar-refractivity contribution in [2.24, 2.45) is 5.92 Å². The van der Waals surface area contributed by atoms with E-state index in [0.29, 0.717) is 18.4 Å². The van der Waals surface area contributed by atoms with E-state index >= 15 is 0 Å². The molecule has 0 spiro atoms. The first-order valence-electron chi connectivity index (χ1n) is 6.76. The second-order valence-corrected chi connectivity index (χ2v) is 5.41. The van der Waals surface area contributed by atoms with Crippen LogP contribution in [0.5, 0.6) is 0 Å². The number of carbonyl (C=O) groups excluding carboxylic acids is 1. The van der Waals surface area contributed by atoms with E-state index in [4.69, 9.17) is 0 Å². The Bertz CT molecular complexity index is 223. The summed E-state index contributed by atoms with van der Waals surface area (Å²) in [6.07, 6.45) is 4.26. The van der Waals surface area contributed by atoms with Gasteiger partial charge in [-0.15, -0.1) is 0 Å². The molecule has 1 saturated carbocycles. The van der Waals surface area contributed by atoms with Crippen LogP contribution in [-0.2, 0) is 4.79 Å². The molecule has 100 valence electrons. The van der Waals surface area contributed by atoms with Crippen molar-refractivity contribution in [1.82, 2.24) is 10.6 Å². The minimum absolute atomic E-state index is 0.109. The lowest BCUT2D eigenvalue weighted by atomic mass is 9.93. The summed E-state index contributed by atoms with van der Waals surface area (Å²) in [4.78, 5) is 11.5. The van der Waals surface area contributed by atoms with E-state index in [2.05, 4.69) is 24.5 Å². The molecule has 0 radical (unpaired) electrons. The Labute approximate surface area is 104 Å². The maximum absolute atomic E-state index is 11.5. The van der Waals surface area contributed by atoms with Gasteiger partial charge in [-0.05, 0) is 31.6 Å². The smallest absolute Gasteiger partial charge is 0.221 e. The second-order valence-electron chi connectivity index (χ2n) is 5.41. The molecule has 0 unspecified atom stereocenters. The first-order valence-corrected chi connectivity index (χ1v) is 6.76. The number of aliphatic hydroxyl groups is 1. The molecule has 17 heavy (non-hydrogen) atoms. The standard InChI is InChI=1S/C13H26N2O2/c1-10(2)9-15-13(17)7-8-14-11-3-5-12(16)6-4-11/h10-12,14,16H,3-9H2,1-2H3,(H,15,17). The maximum atomic E-state index is 11.5. The highest BCUT2D eigenvalue weighted by molar-refractivity contribution is 5.76. The van der Waals surface area contributed by atoms with Gasteiger partial charge < -0.3 is 15.7 Å². The Morgan fingerprint density at radius 1 is 1.29 bits per heavy atom. The fourth-order valence-electron chi connectivity index (χ4n) is 2.08. The van der Waals surface area contributed by atoms with Gasteiger partial charge in [0.1, 0.15) is 0 Å². The summed E-state index contributed by atoms with van der Waals surface area (Å²) in [5.41, 5.74) is 0. The van der Waals surface area contributed by atoms with Crippen LogP contribution in [0.25, 0.3) is 0 Å². The predicted molar refractivity (Wildman–Crippen MR) is 68.7 cm³/mol. The lowest BCUT2D eigenvalue weighted by Crippen LogP contribution is -2.37. The molecule has 0 heterocycles. The van der Waals surface area contributed by atoms with Crippen LogP contribution in [0.4, 0.5) is 0 Å². The van der Waals surface area contributed by atoms with Crippen molar-refractivity contribution in [2.45, 2.75) is 58.1 Å².